The molecule has 0 radical (unpaired) electrons. The van der Waals surface area contributed by atoms with Crippen LogP contribution in [-0.4, -0.2) is 11.5 Å². The van der Waals surface area contributed by atoms with E-state index in [2.05, 4.69) is 28.5 Å². The Kier molecular flexibility index (Phi) is 2.69. The SMILES string of the molecule is Nc1nccc2cc(C3CCCCN3)ccc12. The first kappa shape index (κ1) is 10.5. The summed E-state index contributed by atoms with van der Waals surface area (Å²) in [5.41, 5.74) is 7.22. The third kappa shape index (κ3) is 1.98. The van der Waals surface area contributed by atoms with Gasteiger partial charge >= 0.3 is 0 Å². The number of hydrogen-bond acceptors (Lipinski definition) is 3. The van der Waals surface area contributed by atoms with Crippen LogP contribution in [0.2, 0.25) is 0 Å². The Morgan fingerprint density at radius 1 is 1.24 bits per heavy atom. The van der Waals surface area contributed by atoms with Gasteiger partial charge < -0.3 is 11.1 Å². The Morgan fingerprint density at radius 2 is 2.18 bits per heavy atom. The molecule has 3 N–H and O–H groups in total. The number of piperidine rings is 1. The number of hydrogen-bond donors (Lipinski definition) is 2. The lowest BCUT2D eigenvalue weighted by molar-refractivity contribution is 0.412. The molecular weight excluding hydrogens is 210 g/mol. The quantitative estimate of drug-likeness (QED) is 0.787. The maximum atomic E-state index is 5.86. The van der Waals surface area contributed by atoms with Crippen molar-refractivity contribution in [3.05, 3.63) is 36.0 Å². The first-order valence-electron chi connectivity index (χ1n) is 6.22. The highest BCUT2D eigenvalue weighted by atomic mass is 14.9. The summed E-state index contributed by atoms with van der Waals surface area (Å²) >= 11 is 0. The number of nitrogens with zero attached hydrogens (tertiary/aromatic N) is 1. The molecule has 0 amide bonds. The zero-order valence-corrected chi connectivity index (χ0v) is 9.82. The van der Waals surface area contributed by atoms with Crippen LogP contribution >= 0.6 is 0 Å². The molecule has 0 aliphatic carbocycles. The molecule has 17 heavy (non-hydrogen) atoms. The fourth-order valence-corrected chi connectivity index (χ4v) is 2.57. The molecule has 88 valence electrons. The van der Waals surface area contributed by atoms with Gasteiger partial charge in [0.25, 0.3) is 0 Å². The van der Waals surface area contributed by atoms with Gasteiger partial charge in [0.2, 0.25) is 0 Å². The summed E-state index contributed by atoms with van der Waals surface area (Å²) < 4.78 is 0. The molecule has 1 aliphatic heterocycles. The Labute approximate surface area is 101 Å². The lowest BCUT2D eigenvalue weighted by Gasteiger charge is -2.24. The maximum absolute atomic E-state index is 5.86. The van der Waals surface area contributed by atoms with E-state index in [1.807, 2.05) is 6.07 Å². The summed E-state index contributed by atoms with van der Waals surface area (Å²) in [7, 11) is 0. The first-order valence-corrected chi connectivity index (χ1v) is 6.22. The molecule has 2 aromatic rings. The van der Waals surface area contributed by atoms with Crippen LogP contribution in [0.3, 0.4) is 0 Å². The normalized spacial score (nSPS) is 20.6. The number of fused-ring (bicyclic) bond motifs is 1. The van der Waals surface area contributed by atoms with Crippen molar-refractivity contribution in [2.24, 2.45) is 0 Å². The van der Waals surface area contributed by atoms with Gasteiger partial charge in [0.1, 0.15) is 5.82 Å². The van der Waals surface area contributed by atoms with Crippen molar-refractivity contribution in [3.63, 3.8) is 0 Å². The third-order valence-corrected chi connectivity index (χ3v) is 3.53. The van der Waals surface area contributed by atoms with Gasteiger partial charge in [-0.15, -0.1) is 0 Å². The van der Waals surface area contributed by atoms with Crippen LogP contribution in [0.1, 0.15) is 30.9 Å². The highest BCUT2D eigenvalue weighted by Gasteiger charge is 2.14. The average molecular weight is 227 g/mol. The van der Waals surface area contributed by atoms with Crippen molar-refractivity contribution in [2.45, 2.75) is 25.3 Å². The Balaban J connectivity index is 2.01. The lowest BCUT2D eigenvalue weighted by Crippen LogP contribution is -2.26. The minimum atomic E-state index is 0.502. The molecule has 0 bridgehead atoms. The molecule has 3 heteroatoms. The van der Waals surface area contributed by atoms with Gasteiger partial charge in [-0.3, -0.25) is 0 Å². The fraction of sp³-hybridized carbons (Fsp3) is 0.357. The molecule has 2 heterocycles. The number of nitrogens with one attached hydrogen (secondary N) is 1. The van der Waals surface area contributed by atoms with Crippen molar-refractivity contribution in [3.8, 4) is 0 Å². The van der Waals surface area contributed by atoms with Crippen molar-refractivity contribution in [1.29, 1.82) is 0 Å². The predicted molar refractivity (Wildman–Crippen MR) is 70.8 cm³/mol. The maximum Gasteiger partial charge on any atom is 0.131 e. The van der Waals surface area contributed by atoms with Crippen LogP contribution in [0, 0.1) is 0 Å². The molecule has 3 nitrogen and oxygen atoms in total. The van der Waals surface area contributed by atoms with Gasteiger partial charge in [0.15, 0.2) is 0 Å². The number of aromatic nitrogens is 1. The van der Waals surface area contributed by atoms with Crippen LogP contribution in [-0.2, 0) is 0 Å². The highest BCUT2D eigenvalue weighted by Crippen LogP contribution is 2.27. The molecular formula is C14H17N3. The number of anilines is 1. The third-order valence-electron chi connectivity index (χ3n) is 3.53. The number of nitrogens with two attached hydrogens (primary N) is 1. The molecule has 3 rings (SSSR count). The highest BCUT2D eigenvalue weighted by molar-refractivity contribution is 5.91. The van der Waals surface area contributed by atoms with Gasteiger partial charge in [-0.1, -0.05) is 18.6 Å². The van der Waals surface area contributed by atoms with E-state index in [9.17, 15) is 0 Å². The Bertz CT molecular complexity index is 530. The molecule has 1 aromatic carbocycles. The van der Waals surface area contributed by atoms with E-state index in [4.69, 9.17) is 5.73 Å². The summed E-state index contributed by atoms with van der Waals surface area (Å²) in [5, 5.41) is 5.80. The van der Waals surface area contributed by atoms with Crippen LogP contribution in [0.4, 0.5) is 5.82 Å². The molecule has 0 spiro atoms. The number of benzene rings is 1. The summed E-state index contributed by atoms with van der Waals surface area (Å²) in [6, 6.07) is 9.02. The smallest absolute Gasteiger partial charge is 0.131 e. The molecule has 1 atom stereocenters. The van der Waals surface area contributed by atoms with Crippen molar-refractivity contribution in [2.75, 3.05) is 12.3 Å². The van der Waals surface area contributed by atoms with Crippen molar-refractivity contribution < 1.29 is 0 Å². The second-order valence-corrected chi connectivity index (χ2v) is 4.68. The van der Waals surface area contributed by atoms with E-state index in [-0.39, 0.29) is 0 Å². The second-order valence-electron chi connectivity index (χ2n) is 4.68. The molecule has 1 saturated heterocycles. The van der Waals surface area contributed by atoms with E-state index in [1.165, 1.54) is 30.2 Å². The largest absolute Gasteiger partial charge is 0.383 e. The Hall–Kier alpha value is -1.61. The first-order chi connectivity index (χ1) is 8.34. The van der Waals surface area contributed by atoms with E-state index in [0.29, 0.717) is 11.9 Å². The summed E-state index contributed by atoms with van der Waals surface area (Å²) in [6.07, 6.45) is 5.61. The van der Waals surface area contributed by atoms with Gasteiger partial charge in [0.05, 0.1) is 0 Å². The van der Waals surface area contributed by atoms with Crippen LogP contribution in [0.15, 0.2) is 30.5 Å². The van der Waals surface area contributed by atoms with Crippen molar-refractivity contribution in [1.82, 2.24) is 10.3 Å². The summed E-state index contributed by atoms with van der Waals surface area (Å²) in [6.45, 7) is 1.13. The van der Waals surface area contributed by atoms with E-state index in [0.717, 1.165) is 11.9 Å². The zero-order chi connectivity index (χ0) is 11.7. The van der Waals surface area contributed by atoms with Crippen LogP contribution in [0.5, 0.6) is 0 Å². The molecule has 1 aliphatic rings. The standard InChI is InChI=1S/C14H17N3/c15-14-12-5-4-11(9-10(12)6-8-17-14)13-3-1-2-7-16-13/h4-6,8-9,13,16H,1-3,7H2,(H2,15,17). The zero-order valence-electron chi connectivity index (χ0n) is 9.82. The Morgan fingerprint density at radius 3 is 3.00 bits per heavy atom. The van der Waals surface area contributed by atoms with Crippen LogP contribution in [0.25, 0.3) is 10.8 Å². The molecule has 0 saturated carbocycles. The molecule has 1 unspecified atom stereocenters. The summed E-state index contributed by atoms with van der Waals surface area (Å²) in [5.74, 6) is 0.616. The van der Waals surface area contributed by atoms with Crippen LogP contribution < -0.4 is 11.1 Å². The van der Waals surface area contributed by atoms with Gasteiger partial charge in [-0.2, -0.15) is 0 Å². The predicted octanol–water partition coefficient (Wildman–Crippen LogP) is 2.63. The average Bonchev–Trinajstić information content (AvgIpc) is 2.40. The van der Waals surface area contributed by atoms with E-state index >= 15 is 0 Å². The monoisotopic (exact) mass is 227 g/mol. The minimum absolute atomic E-state index is 0.502. The fourth-order valence-electron chi connectivity index (χ4n) is 2.57. The number of nitrogen functional groups attached to an aromatic ring is 1. The van der Waals surface area contributed by atoms with Crippen molar-refractivity contribution >= 4 is 16.6 Å². The minimum Gasteiger partial charge on any atom is -0.383 e. The van der Waals surface area contributed by atoms with Gasteiger partial charge in [0, 0.05) is 17.6 Å². The molecule has 1 aromatic heterocycles. The number of pyridine rings is 1. The topological polar surface area (TPSA) is 50.9 Å². The lowest BCUT2D eigenvalue weighted by atomic mass is 9.96. The van der Waals surface area contributed by atoms with E-state index < -0.39 is 0 Å². The van der Waals surface area contributed by atoms with Gasteiger partial charge in [-0.05, 0) is 42.5 Å². The van der Waals surface area contributed by atoms with E-state index in [1.54, 1.807) is 6.20 Å². The van der Waals surface area contributed by atoms with Gasteiger partial charge in [-0.25, -0.2) is 4.98 Å². The molecule has 1 fully saturated rings. The number of rotatable bonds is 1. The summed E-state index contributed by atoms with van der Waals surface area (Å²) in [4.78, 5) is 4.11. The second kappa shape index (κ2) is 4.34.